The van der Waals surface area contributed by atoms with E-state index in [2.05, 4.69) is 26.3 Å². The van der Waals surface area contributed by atoms with Crippen molar-refractivity contribution in [2.75, 3.05) is 18.0 Å². The quantitative estimate of drug-likeness (QED) is 0.597. The van der Waals surface area contributed by atoms with E-state index in [1.807, 2.05) is 50.4 Å². The first-order valence-electron chi connectivity index (χ1n) is 11.6. The molecule has 1 fully saturated rings. The number of hydrogen-bond acceptors (Lipinski definition) is 5. The van der Waals surface area contributed by atoms with Gasteiger partial charge in [-0.05, 0) is 70.8 Å². The molecule has 0 saturated carbocycles. The Morgan fingerprint density at radius 2 is 2.00 bits per heavy atom. The predicted molar refractivity (Wildman–Crippen MR) is 126 cm³/mol. The van der Waals surface area contributed by atoms with Crippen molar-refractivity contribution in [3.05, 3.63) is 54.0 Å². The van der Waals surface area contributed by atoms with E-state index in [-0.39, 0.29) is 6.04 Å². The summed E-state index contributed by atoms with van der Waals surface area (Å²) in [7, 11) is 0. The molecule has 2 aliphatic rings. The second-order valence-electron chi connectivity index (χ2n) is 8.89. The number of amides is 1. The number of aromatic nitrogens is 3. The molecule has 0 spiro atoms. The van der Waals surface area contributed by atoms with Crippen molar-refractivity contribution in [1.82, 2.24) is 20.1 Å². The minimum atomic E-state index is -0.949. The van der Waals surface area contributed by atoms with Crippen LogP contribution in [0, 0.1) is 6.92 Å². The third-order valence-corrected chi connectivity index (χ3v) is 6.62. The Morgan fingerprint density at radius 1 is 1.18 bits per heavy atom. The van der Waals surface area contributed by atoms with Crippen LogP contribution in [0.5, 0.6) is 11.6 Å². The van der Waals surface area contributed by atoms with Crippen LogP contribution in [0.4, 0.5) is 10.5 Å². The number of nitrogens with zero attached hydrogens (tertiary/aromatic N) is 4. The lowest BCUT2D eigenvalue weighted by Gasteiger charge is -2.34. The molecular weight excluding hydrogens is 418 g/mol. The first kappa shape index (κ1) is 21.5. The fourth-order valence-electron chi connectivity index (χ4n) is 4.87. The average Bonchev–Trinajstić information content (AvgIpc) is 3.29. The summed E-state index contributed by atoms with van der Waals surface area (Å²) >= 11 is 0. The predicted octanol–water partition coefficient (Wildman–Crippen LogP) is 4.79. The Labute approximate surface area is 193 Å². The summed E-state index contributed by atoms with van der Waals surface area (Å²) < 4.78 is 8.44. The summed E-state index contributed by atoms with van der Waals surface area (Å²) in [6.07, 6.45) is 6.57. The fourth-order valence-corrected chi connectivity index (χ4v) is 4.87. The minimum Gasteiger partial charge on any atom is -0.465 e. The van der Waals surface area contributed by atoms with E-state index in [0.29, 0.717) is 23.4 Å². The van der Waals surface area contributed by atoms with Crippen LogP contribution in [0.3, 0.4) is 0 Å². The first-order chi connectivity index (χ1) is 16.0. The zero-order valence-corrected chi connectivity index (χ0v) is 19.0. The molecule has 2 aromatic heterocycles. The molecule has 172 valence electrons. The lowest BCUT2D eigenvalue weighted by atomic mass is 9.92. The lowest BCUT2D eigenvalue weighted by Crippen LogP contribution is -2.41. The highest BCUT2D eigenvalue weighted by atomic mass is 16.5. The Kier molecular flexibility index (Phi) is 5.76. The number of anilines is 1. The Morgan fingerprint density at radius 3 is 2.76 bits per heavy atom. The molecule has 4 heterocycles. The van der Waals surface area contributed by atoms with Crippen molar-refractivity contribution in [3.8, 4) is 22.8 Å². The molecule has 1 amide bonds. The van der Waals surface area contributed by atoms with Crippen LogP contribution in [-0.2, 0) is 6.42 Å². The molecule has 1 aromatic carbocycles. The van der Waals surface area contributed by atoms with Gasteiger partial charge in [0.1, 0.15) is 5.75 Å². The molecule has 1 saturated heterocycles. The number of ether oxygens (including phenoxy) is 1. The summed E-state index contributed by atoms with van der Waals surface area (Å²) in [5.74, 6) is 1.16. The van der Waals surface area contributed by atoms with Gasteiger partial charge >= 0.3 is 6.09 Å². The van der Waals surface area contributed by atoms with Gasteiger partial charge < -0.3 is 15.2 Å². The van der Waals surface area contributed by atoms with Crippen molar-refractivity contribution < 1.29 is 14.6 Å². The zero-order chi connectivity index (χ0) is 22.9. The van der Waals surface area contributed by atoms with Crippen LogP contribution in [-0.4, -0.2) is 45.1 Å². The van der Waals surface area contributed by atoms with E-state index in [1.54, 1.807) is 0 Å². The third kappa shape index (κ3) is 4.18. The molecule has 33 heavy (non-hydrogen) atoms. The number of rotatable bonds is 4. The van der Waals surface area contributed by atoms with Crippen molar-refractivity contribution in [1.29, 1.82) is 0 Å². The van der Waals surface area contributed by atoms with Gasteiger partial charge in [-0.2, -0.15) is 5.10 Å². The monoisotopic (exact) mass is 447 g/mol. The van der Waals surface area contributed by atoms with Crippen molar-refractivity contribution in [2.45, 2.75) is 51.6 Å². The highest BCUT2D eigenvalue weighted by molar-refractivity contribution is 5.91. The maximum absolute atomic E-state index is 12.0. The number of carbonyl (C=O) groups is 1. The van der Waals surface area contributed by atoms with Crippen LogP contribution < -0.4 is 15.0 Å². The molecule has 0 aliphatic carbocycles. The molecule has 2 aliphatic heterocycles. The van der Waals surface area contributed by atoms with Gasteiger partial charge in [0.25, 0.3) is 0 Å². The van der Waals surface area contributed by atoms with E-state index in [4.69, 9.17) is 4.74 Å². The third-order valence-electron chi connectivity index (χ3n) is 6.62. The summed E-state index contributed by atoms with van der Waals surface area (Å²) in [6.45, 7) is 5.85. The second-order valence-corrected chi connectivity index (χ2v) is 8.89. The standard InChI is InChI=1S/C25H29N5O3/c1-16-4-3-5-23(28-16)33-24-20(18-14-27-29(15-18)19-10-12-26-13-11-19)8-9-22-21(24)7-6-17(2)30(22)25(31)32/h3-5,8-9,14-15,17,19,26H,6-7,10-13H2,1-2H3,(H,31,32)/t17-/m0/s1. The van der Waals surface area contributed by atoms with Crippen LogP contribution in [0.1, 0.15) is 43.5 Å². The molecule has 3 aromatic rings. The zero-order valence-electron chi connectivity index (χ0n) is 19.0. The Balaban J connectivity index is 1.60. The van der Waals surface area contributed by atoms with Crippen LogP contribution in [0.15, 0.2) is 42.7 Å². The topological polar surface area (TPSA) is 92.5 Å². The number of pyridine rings is 1. The number of nitrogens with one attached hydrogen (secondary N) is 1. The van der Waals surface area contributed by atoms with Gasteiger partial charge in [-0.1, -0.05) is 6.07 Å². The van der Waals surface area contributed by atoms with Crippen molar-refractivity contribution in [3.63, 3.8) is 0 Å². The minimum absolute atomic E-state index is 0.0894. The summed E-state index contributed by atoms with van der Waals surface area (Å²) in [5.41, 5.74) is 4.29. The number of hydrogen-bond donors (Lipinski definition) is 2. The number of fused-ring (bicyclic) bond motifs is 1. The summed E-state index contributed by atoms with van der Waals surface area (Å²) in [6, 6.07) is 9.79. The van der Waals surface area contributed by atoms with E-state index < -0.39 is 6.09 Å². The molecule has 1 atom stereocenters. The van der Waals surface area contributed by atoms with Crippen LogP contribution in [0.25, 0.3) is 11.1 Å². The van der Waals surface area contributed by atoms with Gasteiger partial charge in [0.2, 0.25) is 5.88 Å². The largest absolute Gasteiger partial charge is 0.465 e. The number of piperidine rings is 1. The van der Waals surface area contributed by atoms with Crippen molar-refractivity contribution in [2.24, 2.45) is 0 Å². The summed E-state index contributed by atoms with van der Waals surface area (Å²) in [4.78, 5) is 18.0. The normalized spacial score (nSPS) is 18.7. The van der Waals surface area contributed by atoms with Gasteiger partial charge in [-0.25, -0.2) is 9.78 Å². The molecule has 2 N–H and O–H groups in total. The molecule has 0 radical (unpaired) electrons. The first-order valence-corrected chi connectivity index (χ1v) is 11.6. The molecule has 0 bridgehead atoms. The van der Waals surface area contributed by atoms with Gasteiger partial charge in [0.05, 0.1) is 17.9 Å². The highest BCUT2D eigenvalue weighted by Gasteiger charge is 2.32. The molecule has 8 heteroatoms. The SMILES string of the molecule is Cc1cccc(Oc2c(-c3cnn(C4CCNCC4)c3)ccc3c2CC[C@H](C)N3C(=O)O)n1. The van der Waals surface area contributed by atoms with Crippen LogP contribution in [0.2, 0.25) is 0 Å². The summed E-state index contributed by atoms with van der Waals surface area (Å²) in [5, 5.41) is 17.9. The maximum Gasteiger partial charge on any atom is 0.412 e. The lowest BCUT2D eigenvalue weighted by molar-refractivity contribution is 0.198. The van der Waals surface area contributed by atoms with Gasteiger partial charge in [-0.15, -0.1) is 0 Å². The average molecular weight is 448 g/mol. The van der Waals surface area contributed by atoms with Crippen LogP contribution >= 0.6 is 0 Å². The van der Waals surface area contributed by atoms with E-state index in [0.717, 1.165) is 61.2 Å². The fraction of sp³-hybridized carbons (Fsp3) is 0.400. The number of benzene rings is 1. The smallest absolute Gasteiger partial charge is 0.412 e. The Hall–Kier alpha value is -3.39. The van der Waals surface area contributed by atoms with Gasteiger partial charge in [0, 0.05) is 40.7 Å². The molecular formula is C25H29N5O3. The van der Waals surface area contributed by atoms with E-state index in [9.17, 15) is 9.90 Å². The van der Waals surface area contributed by atoms with E-state index in [1.165, 1.54) is 4.90 Å². The van der Waals surface area contributed by atoms with Gasteiger partial charge in [-0.3, -0.25) is 9.58 Å². The highest BCUT2D eigenvalue weighted by Crippen LogP contribution is 2.44. The molecule has 5 rings (SSSR count). The number of carboxylic acid groups (broad SMARTS) is 1. The number of aryl methyl sites for hydroxylation is 1. The Bertz CT molecular complexity index is 1170. The molecule has 0 unspecified atom stereocenters. The van der Waals surface area contributed by atoms with Crippen molar-refractivity contribution >= 4 is 11.8 Å². The maximum atomic E-state index is 12.0. The second kappa shape index (κ2) is 8.86. The molecule has 8 nitrogen and oxygen atoms in total. The van der Waals surface area contributed by atoms with E-state index >= 15 is 0 Å². The van der Waals surface area contributed by atoms with Gasteiger partial charge in [0.15, 0.2) is 0 Å².